The summed E-state index contributed by atoms with van der Waals surface area (Å²) in [6.45, 7) is 10.2. The van der Waals surface area contributed by atoms with Crippen molar-refractivity contribution in [1.29, 1.82) is 0 Å². The van der Waals surface area contributed by atoms with Gasteiger partial charge >= 0.3 is 0 Å². The van der Waals surface area contributed by atoms with Crippen LogP contribution in [0.4, 0.5) is 0 Å². The molecular formula is C23H29ClN2O3. The molecule has 0 aromatic heterocycles. The minimum absolute atomic E-state index is 0.138. The molecule has 0 aliphatic heterocycles. The molecule has 0 aliphatic rings. The van der Waals surface area contributed by atoms with E-state index in [-0.39, 0.29) is 18.4 Å². The third kappa shape index (κ3) is 6.23. The van der Waals surface area contributed by atoms with E-state index in [1.54, 1.807) is 19.1 Å². The van der Waals surface area contributed by atoms with Crippen molar-refractivity contribution in [2.75, 3.05) is 13.2 Å². The topological polar surface area (TPSA) is 58.6 Å². The molecule has 0 saturated carbocycles. The average Bonchev–Trinajstić information content (AvgIpc) is 2.68. The third-order valence-electron chi connectivity index (χ3n) is 4.90. The number of carbonyl (C=O) groups excluding carboxylic acids is 2. The van der Waals surface area contributed by atoms with Crippen LogP contribution in [0.5, 0.6) is 5.75 Å². The van der Waals surface area contributed by atoms with Crippen LogP contribution in [0.1, 0.15) is 36.1 Å². The first-order valence-electron chi connectivity index (χ1n) is 9.75. The summed E-state index contributed by atoms with van der Waals surface area (Å²) in [4.78, 5) is 26.9. The van der Waals surface area contributed by atoms with Crippen molar-refractivity contribution < 1.29 is 14.3 Å². The van der Waals surface area contributed by atoms with E-state index in [4.69, 9.17) is 16.3 Å². The van der Waals surface area contributed by atoms with Crippen molar-refractivity contribution in [2.24, 2.45) is 0 Å². The first-order chi connectivity index (χ1) is 13.7. The highest BCUT2D eigenvalue weighted by Crippen LogP contribution is 2.23. The predicted molar refractivity (Wildman–Crippen MR) is 116 cm³/mol. The Hall–Kier alpha value is -2.53. The second-order valence-electron chi connectivity index (χ2n) is 7.21. The number of carbonyl (C=O) groups is 2. The van der Waals surface area contributed by atoms with Crippen LogP contribution in [0.3, 0.4) is 0 Å². The zero-order chi connectivity index (χ0) is 21.6. The van der Waals surface area contributed by atoms with Gasteiger partial charge < -0.3 is 15.0 Å². The molecule has 2 aromatic rings. The second kappa shape index (κ2) is 10.3. The maximum Gasteiger partial charge on any atom is 0.261 e. The van der Waals surface area contributed by atoms with Crippen molar-refractivity contribution in [3.05, 3.63) is 63.7 Å². The number of ether oxygens (including phenoxy) is 1. The molecule has 2 rings (SSSR count). The highest BCUT2D eigenvalue weighted by Gasteiger charge is 2.26. The molecule has 1 N–H and O–H groups in total. The Morgan fingerprint density at radius 3 is 2.41 bits per heavy atom. The number of rotatable bonds is 8. The van der Waals surface area contributed by atoms with Gasteiger partial charge in [-0.3, -0.25) is 9.59 Å². The van der Waals surface area contributed by atoms with Crippen molar-refractivity contribution >= 4 is 23.4 Å². The maximum absolute atomic E-state index is 13.0. The van der Waals surface area contributed by atoms with Gasteiger partial charge in [0.2, 0.25) is 5.91 Å². The van der Waals surface area contributed by atoms with Crippen LogP contribution in [0, 0.1) is 20.8 Å². The molecular weight excluding hydrogens is 388 g/mol. The lowest BCUT2D eigenvalue weighted by atomic mass is 10.1. The summed E-state index contributed by atoms with van der Waals surface area (Å²) in [7, 11) is 0. The van der Waals surface area contributed by atoms with Gasteiger partial charge in [0, 0.05) is 18.1 Å². The summed E-state index contributed by atoms with van der Waals surface area (Å²) in [5.41, 5.74) is 4.08. The van der Waals surface area contributed by atoms with Gasteiger partial charge in [0.05, 0.1) is 0 Å². The number of nitrogens with zero attached hydrogens (tertiary/aromatic N) is 1. The van der Waals surface area contributed by atoms with Crippen molar-refractivity contribution in [2.45, 2.75) is 47.2 Å². The van der Waals surface area contributed by atoms with Crippen molar-refractivity contribution in [1.82, 2.24) is 10.2 Å². The molecule has 156 valence electrons. The molecule has 0 heterocycles. The number of likely N-dealkylation sites (N-methyl/N-ethyl adjacent to an activating group) is 1. The van der Waals surface area contributed by atoms with E-state index in [9.17, 15) is 9.59 Å². The molecule has 2 aromatic carbocycles. The lowest BCUT2D eigenvalue weighted by Gasteiger charge is -2.28. The van der Waals surface area contributed by atoms with E-state index in [0.717, 1.165) is 22.3 Å². The number of amides is 2. The average molecular weight is 417 g/mol. The van der Waals surface area contributed by atoms with Gasteiger partial charge in [0.1, 0.15) is 11.8 Å². The van der Waals surface area contributed by atoms with E-state index in [0.29, 0.717) is 23.9 Å². The smallest absolute Gasteiger partial charge is 0.261 e. The first kappa shape index (κ1) is 22.8. The van der Waals surface area contributed by atoms with Gasteiger partial charge in [-0.1, -0.05) is 29.8 Å². The van der Waals surface area contributed by atoms with E-state index in [2.05, 4.69) is 11.4 Å². The Morgan fingerprint density at radius 2 is 1.79 bits per heavy atom. The van der Waals surface area contributed by atoms with Crippen molar-refractivity contribution in [3.63, 3.8) is 0 Å². The van der Waals surface area contributed by atoms with Crippen LogP contribution in [-0.4, -0.2) is 35.9 Å². The molecule has 0 fully saturated rings. The van der Waals surface area contributed by atoms with Crippen molar-refractivity contribution in [3.8, 4) is 5.75 Å². The fourth-order valence-corrected chi connectivity index (χ4v) is 3.19. The summed E-state index contributed by atoms with van der Waals surface area (Å²) in [5.74, 6) is 0.239. The van der Waals surface area contributed by atoms with Gasteiger partial charge in [-0.05, 0) is 75.1 Å². The number of hydrogen-bond donors (Lipinski definition) is 1. The zero-order valence-corrected chi connectivity index (χ0v) is 18.5. The van der Waals surface area contributed by atoms with Gasteiger partial charge in [-0.15, -0.1) is 0 Å². The molecule has 29 heavy (non-hydrogen) atoms. The predicted octanol–water partition coefficient (Wildman–Crippen LogP) is 4.20. The van der Waals surface area contributed by atoms with E-state index >= 15 is 0 Å². The van der Waals surface area contributed by atoms with E-state index < -0.39 is 6.04 Å². The molecule has 0 spiro atoms. The van der Waals surface area contributed by atoms with Crippen LogP contribution in [-0.2, 0) is 16.1 Å². The summed E-state index contributed by atoms with van der Waals surface area (Å²) in [5, 5.41) is 3.40. The minimum Gasteiger partial charge on any atom is -0.483 e. The fraction of sp³-hybridized carbons (Fsp3) is 0.391. The van der Waals surface area contributed by atoms with Crippen LogP contribution in [0.15, 0.2) is 36.4 Å². The number of hydrogen-bond acceptors (Lipinski definition) is 3. The zero-order valence-electron chi connectivity index (χ0n) is 17.7. The summed E-state index contributed by atoms with van der Waals surface area (Å²) in [6.07, 6.45) is 0. The largest absolute Gasteiger partial charge is 0.483 e. The lowest BCUT2D eigenvalue weighted by molar-refractivity contribution is -0.142. The lowest BCUT2D eigenvalue weighted by Crippen LogP contribution is -2.49. The third-order valence-corrected chi connectivity index (χ3v) is 5.15. The van der Waals surface area contributed by atoms with Crippen LogP contribution in [0.2, 0.25) is 5.02 Å². The Morgan fingerprint density at radius 1 is 1.14 bits per heavy atom. The molecule has 0 saturated heterocycles. The van der Waals surface area contributed by atoms with Gasteiger partial charge in [0.25, 0.3) is 5.91 Å². The Labute approximate surface area is 178 Å². The Balaban J connectivity index is 2.19. The van der Waals surface area contributed by atoms with Gasteiger partial charge in [0.15, 0.2) is 6.61 Å². The Bertz CT molecular complexity index is 865. The normalized spacial score (nSPS) is 11.7. The molecule has 5 nitrogen and oxygen atoms in total. The molecule has 0 aliphatic carbocycles. The monoisotopic (exact) mass is 416 g/mol. The van der Waals surface area contributed by atoms with E-state index in [1.165, 1.54) is 4.90 Å². The number of nitrogens with one attached hydrogen (secondary N) is 1. The highest BCUT2D eigenvalue weighted by atomic mass is 35.5. The number of halogens is 1. The molecule has 6 heteroatoms. The molecule has 1 unspecified atom stereocenters. The summed E-state index contributed by atoms with van der Waals surface area (Å²) < 4.78 is 5.84. The first-order valence-corrected chi connectivity index (χ1v) is 10.1. The molecule has 0 radical (unpaired) electrons. The van der Waals surface area contributed by atoms with E-state index in [1.807, 2.05) is 45.9 Å². The van der Waals surface area contributed by atoms with Crippen LogP contribution < -0.4 is 10.1 Å². The van der Waals surface area contributed by atoms with Crippen LogP contribution in [0.25, 0.3) is 0 Å². The quantitative estimate of drug-likeness (QED) is 0.701. The standard InChI is InChI=1S/C23H29ClN2O3/c1-6-25-23(28)18(5)26(13-19-7-9-20(24)10-8-19)22(27)14-29-21-12-15(2)11-16(3)17(21)4/h7-12,18H,6,13-14H2,1-5H3,(H,25,28). The molecule has 2 amide bonds. The second-order valence-corrected chi connectivity index (χ2v) is 7.65. The van der Waals surface area contributed by atoms with Crippen LogP contribution >= 0.6 is 11.6 Å². The van der Waals surface area contributed by atoms with Gasteiger partial charge in [-0.2, -0.15) is 0 Å². The highest BCUT2D eigenvalue weighted by molar-refractivity contribution is 6.30. The maximum atomic E-state index is 13.0. The van der Waals surface area contributed by atoms with Gasteiger partial charge in [-0.25, -0.2) is 0 Å². The summed E-state index contributed by atoms with van der Waals surface area (Å²) in [6, 6.07) is 10.6. The fourth-order valence-electron chi connectivity index (χ4n) is 3.06. The SMILES string of the molecule is CCNC(=O)C(C)N(Cc1ccc(Cl)cc1)C(=O)COc1cc(C)cc(C)c1C. The number of benzene rings is 2. The molecule has 1 atom stereocenters. The summed E-state index contributed by atoms with van der Waals surface area (Å²) >= 11 is 5.96. The molecule has 0 bridgehead atoms. The number of aryl methyl sites for hydroxylation is 2. The Kier molecular flexibility index (Phi) is 8.09. The minimum atomic E-state index is -0.623.